The molecule has 170 valence electrons. The maximum Gasteiger partial charge on any atom is 0.243 e. The third-order valence-corrected chi connectivity index (χ3v) is 9.02. The van der Waals surface area contributed by atoms with Crippen LogP contribution in [0.1, 0.15) is 37.1 Å². The normalized spacial score (nSPS) is 22.7. The van der Waals surface area contributed by atoms with Gasteiger partial charge in [0, 0.05) is 37.6 Å². The van der Waals surface area contributed by atoms with Crippen molar-refractivity contribution in [3.8, 4) is 0 Å². The highest BCUT2D eigenvalue weighted by Gasteiger charge is 2.47. The van der Waals surface area contributed by atoms with Crippen LogP contribution < -0.4 is 10.6 Å². The number of fused-ring (bicyclic) bond motifs is 1. The Morgan fingerprint density at radius 2 is 1.97 bits per heavy atom. The van der Waals surface area contributed by atoms with Gasteiger partial charge in [-0.05, 0) is 62.5 Å². The summed E-state index contributed by atoms with van der Waals surface area (Å²) >= 11 is 0. The smallest absolute Gasteiger partial charge is 0.243 e. The predicted molar refractivity (Wildman–Crippen MR) is 121 cm³/mol. The molecule has 1 amide bonds. The molecule has 32 heavy (non-hydrogen) atoms. The minimum Gasteiger partial charge on any atom is -0.351 e. The quantitative estimate of drug-likeness (QED) is 0.716. The van der Waals surface area contributed by atoms with E-state index in [1.165, 1.54) is 0 Å². The molecule has 0 bridgehead atoms. The summed E-state index contributed by atoms with van der Waals surface area (Å²) in [5, 5.41) is 6.30. The van der Waals surface area contributed by atoms with Gasteiger partial charge < -0.3 is 15.2 Å². The molecule has 2 saturated heterocycles. The van der Waals surface area contributed by atoms with Crippen LogP contribution in [0.25, 0.3) is 6.08 Å². The summed E-state index contributed by atoms with van der Waals surface area (Å²) in [5.41, 5.74) is 0.637. The summed E-state index contributed by atoms with van der Waals surface area (Å²) in [6.45, 7) is 3.25. The van der Waals surface area contributed by atoms with Gasteiger partial charge in [0.05, 0.1) is 10.8 Å². The van der Waals surface area contributed by atoms with Crippen LogP contribution in [0.4, 0.5) is 0 Å². The first-order valence-electron chi connectivity index (χ1n) is 11.3. The zero-order chi connectivity index (χ0) is 22.2. The third-order valence-electron chi connectivity index (χ3n) is 7.00. The number of rotatable bonds is 5. The Morgan fingerprint density at radius 3 is 2.75 bits per heavy atom. The summed E-state index contributed by atoms with van der Waals surface area (Å²) < 4.78 is 30.5. The number of aromatic nitrogens is 2. The molecule has 1 aromatic heterocycles. The standard InChI is InChI=1S/C23H29N5O3S/c29-22(19-4-7-21-25-13-15-27(21)17-19)26-16-18-2-5-20(6-3-18)32(30,31)28-14-1-8-23(28)9-11-24-12-10-23/h2-7,13,15,19,24H,1,8-12,14,16-17H2,(H,26,29). The Balaban J connectivity index is 1.23. The lowest BCUT2D eigenvalue weighted by molar-refractivity contribution is -0.124. The van der Waals surface area contributed by atoms with E-state index in [0.717, 1.165) is 50.2 Å². The van der Waals surface area contributed by atoms with Crippen LogP contribution in [0.5, 0.6) is 0 Å². The van der Waals surface area contributed by atoms with E-state index in [1.807, 2.05) is 22.9 Å². The molecule has 2 aromatic rings. The molecular formula is C23H29N5O3S. The number of imidazole rings is 1. The minimum absolute atomic E-state index is 0.0535. The first-order valence-corrected chi connectivity index (χ1v) is 12.7. The van der Waals surface area contributed by atoms with Crippen molar-refractivity contribution in [2.24, 2.45) is 5.92 Å². The van der Waals surface area contributed by atoms with Crippen molar-refractivity contribution in [3.05, 3.63) is 54.1 Å². The number of sulfonamides is 1. The SMILES string of the molecule is O=C(NCc1ccc(S(=O)(=O)N2CCCC23CCNCC3)cc1)C1C=Cc2nccn2C1. The maximum atomic E-state index is 13.4. The van der Waals surface area contributed by atoms with Gasteiger partial charge in [-0.3, -0.25) is 4.79 Å². The van der Waals surface area contributed by atoms with E-state index in [2.05, 4.69) is 15.6 Å². The lowest BCUT2D eigenvalue weighted by atomic mass is 9.87. The largest absolute Gasteiger partial charge is 0.351 e. The van der Waals surface area contributed by atoms with E-state index in [9.17, 15) is 13.2 Å². The second-order valence-electron chi connectivity index (χ2n) is 8.92. The van der Waals surface area contributed by atoms with Crippen molar-refractivity contribution in [2.75, 3.05) is 19.6 Å². The van der Waals surface area contributed by atoms with Crippen molar-refractivity contribution in [2.45, 2.75) is 49.2 Å². The lowest BCUT2D eigenvalue weighted by Crippen LogP contribution is -2.52. The van der Waals surface area contributed by atoms with Gasteiger partial charge in [0.2, 0.25) is 15.9 Å². The Bertz CT molecular complexity index is 1120. The molecule has 3 aliphatic heterocycles. The third kappa shape index (κ3) is 3.89. The average molecular weight is 456 g/mol. The molecule has 0 saturated carbocycles. The van der Waals surface area contributed by atoms with Gasteiger partial charge in [-0.25, -0.2) is 13.4 Å². The molecule has 1 spiro atoms. The fraction of sp³-hybridized carbons (Fsp3) is 0.478. The molecular weight excluding hydrogens is 426 g/mol. The van der Waals surface area contributed by atoms with Gasteiger partial charge in [0.1, 0.15) is 5.82 Å². The highest BCUT2D eigenvalue weighted by atomic mass is 32.2. The van der Waals surface area contributed by atoms with Crippen molar-refractivity contribution in [1.29, 1.82) is 0 Å². The summed E-state index contributed by atoms with van der Waals surface area (Å²) in [5.74, 6) is 0.560. The number of piperidine rings is 1. The monoisotopic (exact) mass is 455 g/mol. The van der Waals surface area contributed by atoms with Crippen LogP contribution in [-0.4, -0.2) is 53.4 Å². The highest BCUT2D eigenvalue weighted by molar-refractivity contribution is 7.89. The molecule has 4 heterocycles. The van der Waals surface area contributed by atoms with Crippen LogP contribution in [0, 0.1) is 5.92 Å². The number of hydrogen-bond acceptors (Lipinski definition) is 5. The van der Waals surface area contributed by atoms with E-state index in [4.69, 9.17) is 0 Å². The van der Waals surface area contributed by atoms with Crippen molar-refractivity contribution < 1.29 is 13.2 Å². The van der Waals surface area contributed by atoms with Crippen molar-refractivity contribution in [3.63, 3.8) is 0 Å². The van der Waals surface area contributed by atoms with Crippen LogP contribution >= 0.6 is 0 Å². The molecule has 2 N–H and O–H groups in total. The maximum absolute atomic E-state index is 13.4. The zero-order valence-electron chi connectivity index (χ0n) is 18.0. The Kier molecular flexibility index (Phi) is 5.65. The molecule has 8 nitrogen and oxygen atoms in total. The van der Waals surface area contributed by atoms with E-state index in [-0.39, 0.29) is 17.4 Å². The van der Waals surface area contributed by atoms with Gasteiger partial charge in [0.15, 0.2) is 0 Å². The first-order chi connectivity index (χ1) is 15.5. The number of carbonyl (C=O) groups excluding carboxylic acids is 1. The predicted octanol–water partition coefficient (Wildman–Crippen LogP) is 1.75. The topological polar surface area (TPSA) is 96.3 Å². The van der Waals surface area contributed by atoms with Gasteiger partial charge >= 0.3 is 0 Å². The van der Waals surface area contributed by atoms with E-state index < -0.39 is 10.0 Å². The summed E-state index contributed by atoms with van der Waals surface area (Å²) in [7, 11) is -3.53. The lowest BCUT2D eigenvalue weighted by Gasteiger charge is -2.40. The summed E-state index contributed by atoms with van der Waals surface area (Å²) in [6, 6.07) is 6.93. The van der Waals surface area contributed by atoms with Crippen LogP contribution in [0.15, 0.2) is 47.6 Å². The van der Waals surface area contributed by atoms with Gasteiger partial charge in [-0.1, -0.05) is 18.2 Å². The molecule has 9 heteroatoms. The average Bonchev–Trinajstić information content (AvgIpc) is 3.45. The van der Waals surface area contributed by atoms with E-state index in [0.29, 0.717) is 24.5 Å². The van der Waals surface area contributed by atoms with Crippen LogP contribution in [-0.2, 0) is 27.9 Å². The molecule has 5 rings (SSSR count). The summed E-state index contributed by atoms with van der Waals surface area (Å²) in [6.07, 6.45) is 10.9. The fourth-order valence-electron chi connectivity index (χ4n) is 5.19. The second kappa shape index (κ2) is 8.46. The second-order valence-corrected chi connectivity index (χ2v) is 10.8. The van der Waals surface area contributed by atoms with Gasteiger partial charge in [-0.2, -0.15) is 4.31 Å². The van der Waals surface area contributed by atoms with Gasteiger partial charge in [-0.15, -0.1) is 0 Å². The number of nitrogens with one attached hydrogen (secondary N) is 2. The molecule has 3 aliphatic rings. The molecule has 1 aromatic carbocycles. The number of carbonyl (C=O) groups is 1. The molecule has 0 aliphatic carbocycles. The molecule has 1 unspecified atom stereocenters. The van der Waals surface area contributed by atoms with Crippen molar-refractivity contribution in [1.82, 2.24) is 24.5 Å². The first kappa shape index (κ1) is 21.4. The van der Waals surface area contributed by atoms with Gasteiger partial charge in [0.25, 0.3) is 0 Å². The number of hydrogen-bond donors (Lipinski definition) is 2. The van der Waals surface area contributed by atoms with Crippen LogP contribution in [0.2, 0.25) is 0 Å². The molecule has 1 atom stereocenters. The molecule has 2 fully saturated rings. The van der Waals surface area contributed by atoms with Crippen LogP contribution in [0.3, 0.4) is 0 Å². The highest BCUT2D eigenvalue weighted by Crippen LogP contribution is 2.40. The van der Waals surface area contributed by atoms with E-state index >= 15 is 0 Å². The summed E-state index contributed by atoms with van der Waals surface area (Å²) in [4.78, 5) is 17.1. The minimum atomic E-state index is -3.53. The van der Waals surface area contributed by atoms with Crippen molar-refractivity contribution >= 4 is 22.0 Å². The molecule has 0 radical (unpaired) electrons. The number of amides is 1. The zero-order valence-corrected chi connectivity index (χ0v) is 18.9. The Labute approximate surface area is 188 Å². The van der Waals surface area contributed by atoms with E-state index in [1.54, 1.807) is 34.8 Å². The number of benzene rings is 1. The Hall–Kier alpha value is -2.49. The Morgan fingerprint density at radius 1 is 1.19 bits per heavy atom. The fourth-order valence-corrected chi connectivity index (χ4v) is 7.07. The number of nitrogens with zero attached hydrogens (tertiary/aromatic N) is 3.